The number of rotatable bonds is 5. The second-order valence-electron chi connectivity index (χ2n) is 4.75. The largest absolute Gasteiger partial charge is 0.483 e. The summed E-state index contributed by atoms with van der Waals surface area (Å²) < 4.78 is 5.58. The molecule has 2 aromatic rings. The van der Waals surface area contributed by atoms with Crippen molar-refractivity contribution in [3.8, 4) is 5.75 Å². The summed E-state index contributed by atoms with van der Waals surface area (Å²) in [7, 11) is 0. The minimum absolute atomic E-state index is 0.0918. The number of nitrogens with zero attached hydrogens (tertiary/aromatic N) is 1. The second kappa shape index (κ2) is 6.85. The standard InChI is InChI=1S/C16H18N2O3/c1-11-4-3-5-12(2)16(11)21-10-15(20)18-14-8-17-7-6-13(14)9-19/h3-8,19H,9-10H2,1-2H3,(H,18,20). The number of aliphatic hydroxyl groups excluding tert-OH is 1. The van der Waals surface area contributed by atoms with Crippen LogP contribution in [-0.4, -0.2) is 22.6 Å². The van der Waals surface area contributed by atoms with Crippen molar-refractivity contribution in [1.82, 2.24) is 4.98 Å². The molecule has 0 spiro atoms. The molecule has 21 heavy (non-hydrogen) atoms. The molecule has 0 fully saturated rings. The number of aliphatic hydroxyl groups is 1. The summed E-state index contributed by atoms with van der Waals surface area (Å²) in [5.41, 5.74) is 3.08. The lowest BCUT2D eigenvalue weighted by Crippen LogP contribution is -2.21. The number of benzene rings is 1. The fourth-order valence-corrected chi connectivity index (χ4v) is 2.02. The molecule has 1 amide bonds. The minimum Gasteiger partial charge on any atom is -0.483 e. The zero-order valence-corrected chi connectivity index (χ0v) is 12.1. The fraction of sp³-hybridized carbons (Fsp3) is 0.250. The third kappa shape index (κ3) is 3.79. The van der Waals surface area contributed by atoms with E-state index in [-0.39, 0.29) is 19.1 Å². The van der Waals surface area contributed by atoms with Gasteiger partial charge in [0, 0.05) is 11.8 Å². The maximum Gasteiger partial charge on any atom is 0.262 e. The molecule has 1 aromatic heterocycles. The van der Waals surface area contributed by atoms with E-state index in [1.54, 1.807) is 12.3 Å². The molecule has 2 N–H and O–H groups in total. The zero-order chi connectivity index (χ0) is 15.2. The summed E-state index contributed by atoms with van der Waals surface area (Å²) in [6, 6.07) is 7.47. The molecule has 0 aliphatic rings. The number of carbonyl (C=O) groups excluding carboxylic acids is 1. The van der Waals surface area contributed by atoms with Crippen molar-refractivity contribution < 1.29 is 14.6 Å². The van der Waals surface area contributed by atoms with Gasteiger partial charge in [-0.15, -0.1) is 0 Å². The summed E-state index contributed by atoms with van der Waals surface area (Å²) in [5, 5.41) is 11.9. The topological polar surface area (TPSA) is 71.5 Å². The Morgan fingerprint density at radius 2 is 2.00 bits per heavy atom. The van der Waals surface area contributed by atoms with Crippen molar-refractivity contribution in [2.75, 3.05) is 11.9 Å². The van der Waals surface area contributed by atoms with Crippen LogP contribution in [0.2, 0.25) is 0 Å². The highest BCUT2D eigenvalue weighted by Crippen LogP contribution is 2.22. The molecule has 1 heterocycles. The molecule has 110 valence electrons. The van der Waals surface area contributed by atoms with Crippen LogP contribution in [0, 0.1) is 13.8 Å². The molecule has 0 atom stereocenters. The summed E-state index contributed by atoms with van der Waals surface area (Å²) in [6.45, 7) is 3.62. The molecule has 1 aromatic carbocycles. The van der Waals surface area contributed by atoms with Crippen LogP contribution in [0.25, 0.3) is 0 Å². The third-order valence-electron chi connectivity index (χ3n) is 3.11. The Morgan fingerprint density at radius 3 is 2.67 bits per heavy atom. The van der Waals surface area contributed by atoms with Gasteiger partial charge in [-0.1, -0.05) is 18.2 Å². The van der Waals surface area contributed by atoms with Gasteiger partial charge in [-0.25, -0.2) is 0 Å². The normalized spacial score (nSPS) is 10.2. The minimum atomic E-state index is -0.291. The van der Waals surface area contributed by atoms with Crippen LogP contribution >= 0.6 is 0 Å². The quantitative estimate of drug-likeness (QED) is 0.884. The number of amides is 1. The number of aryl methyl sites for hydroxylation is 2. The molecular weight excluding hydrogens is 268 g/mol. The lowest BCUT2D eigenvalue weighted by atomic mass is 10.1. The van der Waals surface area contributed by atoms with Gasteiger partial charge in [-0.3, -0.25) is 9.78 Å². The fourth-order valence-electron chi connectivity index (χ4n) is 2.02. The van der Waals surface area contributed by atoms with E-state index in [2.05, 4.69) is 10.3 Å². The first kappa shape index (κ1) is 15.0. The van der Waals surface area contributed by atoms with E-state index in [4.69, 9.17) is 4.74 Å². The summed E-state index contributed by atoms with van der Waals surface area (Å²) >= 11 is 0. The first-order valence-electron chi connectivity index (χ1n) is 6.64. The van der Waals surface area contributed by atoms with Crippen LogP contribution in [0.1, 0.15) is 16.7 Å². The van der Waals surface area contributed by atoms with E-state index in [9.17, 15) is 9.90 Å². The lowest BCUT2D eigenvalue weighted by molar-refractivity contribution is -0.118. The van der Waals surface area contributed by atoms with Gasteiger partial charge < -0.3 is 15.2 Å². The SMILES string of the molecule is Cc1cccc(C)c1OCC(=O)Nc1cnccc1CO. The maximum absolute atomic E-state index is 11.9. The zero-order valence-electron chi connectivity index (χ0n) is 12.1. The summed E-state index contributed by atoms with van der Waals surface area (Å²) in [6.07, 6.45) is 3.07. The van der Waals surface area contributed by atoms with Gasteiger partial charge in [-0.05, 0) is 31.0 Å². The van der Waals surface area contributed by atoms with Crippen LogP contribution in [0.4, 0.5) is 5.69 Å². The van der Waals surface area contributed by atoms with E-state index in [0.29, 0.717) is 11.3 Å². The Bertz CT molecular complexity index is 621. The highest BCUT2D eigenvalue weighted by Gasteiger charge is 2.09. The van der Waals surface area contributed by atoms with Crippen LogP contribution in [-0.2, 0) is 11.4 Å². The molecule has 0 aliphatic heterocycles. The number of para-hydroxylation sites is 1. The average Bonchev–Trinajstić information content (AvgIpc) is 2.47. The van der Waals surface area contributed by atoms with Crippen molar-refractivity contribution in [2.24, 2.45) is 0 Å². The van der Waals surface area contributed by atoms with Gasteiger partial charge in [-0.2, -0.15) is 0 Å². The number of hydrogen-bond donors (Lipinski definition) is 2. The molecule has 0 saturated heterocycles. The Kier molecular flexibility index (Phi) is 4.90. The lowest BCUT2D eigenvalue weighted by Gasteiger charge is -2.12. The Balaban J connectivity index is 1.99. The predicted molar refractivity (Wildman–Crippen MR) is 80.2 cm³/mol. The molecular formula is C16H18N2O3. The van der Waals surface area contributed by atoms with Crippen LogP contribution in [0.5, 0.6) is 5.75 Å². The number of aromatic nitrogens is 1. The molecule has 2 rings (SSSR count). The maximum atomic E-state index is 11.9. The van der Waals surface area contributed by atoms with Crippen molar-refractivity contribution in [3.05, 3.63) is 53.3 Å². The number of ether oxygens (including phenoxy) is 1. The van der Waals surface area contributed by atoms with E-state index in [1.807, 2.05) is 32.0 Å². The van der Waals surface area contributed by atoms with Crippen molar-refractivity contribution in [3.63, 3.8) is 0 Å². The smallest absolute Gasteiger partial charge is 0.262 e. The average molecular weight is 286 g/mol. The van der Waals surface area contributed by atoms with Gasteiger partial charge in [0.1, 0.15) is 5.75 Å². The van der Waals surface area contributed by atoms with Crippen LogP contribution < -0.4 is 10.1 Å². The van der Waals surface area contributed by atoms with Gasteiger partial charge in [0.05, 0.1) is 18.5 Å². The van der Waals surface area contributed by atoms with Gasteiger partial charge in [0.2, 0.25) is 0 Å². The molecule has 5 nitrogen and oxygen atoms in total. The number of carbonyl (C=O) groups is 1. The molecule has 0 radical (unpaired) electrons. The van der Waals surface area contributed by atoms with Crippen molar-refractivity contribution >= 4 is 11.6 Å². The molecule has 0 unspecified atom stereocenters. The number of pyridine rings is 1. The molecule has 0 saturated carbocycles. The van der Waals surface area contributed by atoms with Gasteiger partial charge in [0.25, 0.3) is 5.91 Å². The summed E-state index contributed by atoms with van der Waals surface area (Å²) in [4.78, 5) is 15.9. The first-order valence-corrected chi connectivity index (χ1v) is 6.64. The number of nitrogens with one attached hydrogen (secondary N) is 1. The highest BCUT2D eigenvalue weighted by molar-refractivity contribution is 5.92. The van der Waals surface area contributed by atoms with E-state index in [1.165, 1.54) is 6.20 Å². The van der Waals surface area contributed by atoms with Crippen molar-refractivity contribution in [1.29, 1.82) is 0 Å². The van der Waals surface area contributed by atoms with Crippen LogP contribution in [0.3, 0.4) is 0 Å². The third-order valence-corrected chi connectivity index (χ3v) is 3.11. The molecule has 0 aliphatic carbocycles. The number of anilines is 1. The summed E-state index contributed by atoms with van der Waals surface area (Å²) in [5.74, 6) is 0.432. The Morgan fingerprint density at radius 1 is 1.29 bits per heavy atom. The second-order valence-corrected chi connectivity index (χ2v) is 4.75. The van der Waals surface area contributed by atoms with Crippen LogP contribution in [0.15, 0.2) is 36.7 Å². The Hall–Kier alpha value is -2.40. The molecule has 0 bridgehead atoms. The highest BCUT2D eigenvalue weighted by atomic mass is 16.5. The van der Waals surface area contributed by atoms with E-state index < -0.39 is 0 Å². The predicted octanol–water partition coefficient (Wildman–Crippen LogP) is 2.21. The van der Waals surface area contributed by atoms with E-state index >= 15 is 0 Å². The van der Waals surface area contributed by atoms with Gasteiger partial charge >= 0.3 is 0 Å². The van der Waals surface area contributed by atoms with Crippen molar-refractivity contribution in [2.45, 2.75) is 20.5 Å². The Labute approximate surface area is 123 Å². The monoisotopic (exact) mass is 286 g/mol. The van der Waals surface area contributed by atoms with Gasteiger partial charge in [0.15, 0.2) is 6.61 Å². The molecule has 5 heteroatoms. The number of hydrogen-bond acceptors (Lipinski definition) is 4. The first-order chi connectivity index (χ1) is 10.1. The van der Waals surface area contributed by atoms with E-state index in [0.717, 1.165) is 16.9 Å².